The molecule has 1 amide bonds. The molecule has 2 aromatic rings. The monoisotopic (exact) mass is 257 g/mol. The van der Waals surface area contributed by atoms with Gasteiger partial charge in [-0.25, -0.2) is 9.78 Å². The van der Waals surface area contributed by atoms with E-state index < -0.39 is 6.09 Å². The molecule has 2 N–H and O–H groups in total. The minimum atomic E-state index is -0.513. The van der Waals surface area contributed by atoms with Gasteiger partial charge in [0.05, 0.1) is 19.0 Å². The van der Waals surface area contributed by atoms with Crippen LogP contribution >= 0.6 is 0 Å². The zero-order valence-electron chi connectivity index (χ0n) is 10.8. The summed E-state index contributed by atoms with van der Waals surface area (Å²) in [5.41, 5.74) is 2.73. The van der Waals surface area contributed by atoms with E-state index in [1.165, 1.54) is 12.7 Å². The van der Waals surface area contributed by atoms with Crippen LogP contribution in [-0.4, -0.2) is 18.2 Å². The quantitative estimate of drug-likeness (QED) is 0.885. The van der Waals surface area contributed by atoms with Crippen molar-refractivity contribution in [3.05, 3.63) is 48.2 Å². The zero-order chi connectivity index (χ0) is 13.7. The van der Waals surface area contributed by atoms with Crippen LogP contribution in [0, 0.1) is 6.92 Å². The minimum Gasteiger partial charge on any atom is -0.453 e. The second-order valence-electron chi connectivity index (χ2n) is 4.04. The largest absolute Gasteiger partial charge is 0.453 e. The van der Waals surface area contributed by atoms with Gasteiger partial charge in [0.25, 0.3) is 0 Å². The van der Waals surface area contributed by atoms with Gasteiger partial charge in [-0.2, -0.15) is 0 Å². The summed E-state index contributed by atoms with van der Waals surface area (Å²) in [7, 11) is 1.32. The number of benzene rings is 1. The first-order valence-corrected chi connectivity index (χ1v) is 5.82. The molecule has 0 fully saturated rings. The predicted molar refractivity (Wildman–Crippen MR) is 74.7 cm³/mol. The summed E-state index contributed by atoms with van der Waals surface area (Å²) in [6.45, 7) is 2.03. The number of hydrogen-bond acceptors (Lipinski definition) is 4. The molecule has 0 aliphatic carbocycles. The summed E-state index contributed by atoms with van der Waals surface area (Å²) in [6.07, 6.45) is 1.05. The average molecular weight is 257 g/mol. The number of carbonyl (C=O) groups excluding carboxylic acids is 1. The number of pyridine rings is 1. The van der Waals surface area contributed by atoms with Gasteiger partial charge in [-0.3, -0.25) is 5.32 Å². The molecule has 0 bridgehead atoms. The summed E-state index contributed by atoms with van der Waals surface area (Å²) in [5, 5.41) is 5.72. The van der Waals surface area contributed by atoms with E-state index in [9.17, 15) is 4.79 Å². The lowest BCUT2D eigenvalue weighted by Gasteiger charge is -2.07. The smallest absolute Gasteiger partial charge is 0.411 e. The first kappa shape index (κ1) is 12.9. The predicted octanol–water partition coefficient (Wildman–Crippen LogP) is 3.31. The fraction of sp³-hybridized carbons (Fsp3) is 0.143. The van der Waals surface area contributed by atoms with Crippen molar-refractivity contribution in [3.8, 4) is 0 Å². The molecule has 0 saturated carbocycles. The molecule has 5 heteroatoms. The lowest BCUT2D eigenvalue weighted by atomic mass is 10.2. The summed E-state index contributed by atoms with van der Waals surface area (Å²) in [5.74, 6) is 0.709. The van der Waals surface area contributed by atoms with Crippen molar-refractivity contribution in [2.45, 2.75) is 6.92 Å². The van der Waals surface area contributed by atoms with E-state index in [1.54, 1.807) is 18.3 Å². The number of amides is 1. The molecule has 0 aliphatic heterocycles. The van der Waals surface area contributed by atoms with E-state index >= 15 is 0 Å². The van der Waals surface area contributed by atoms with Gasteiger partial charge in [-0.1, -0.05) is 12.1 Å². The SMILES string of the molecule is COC(=O)Nc1ccc(Nc2cccc(C)c2)nc1. The Morgan fingerprint density at radius 2 is 2.05 bits per heavy atom. The number of anilines is 3. The highest BCUT2D eigenvalue weighted by atomic mass is 16.5. The normalized spacial score (nSPS) is 9.79. The van der Waals surface area contributed by atoms with Crippen LogP contribution in [0.2, 0.25) is 0 Å². The molecule has 0 radical (unpaired) electrons. The Morgan fingerprint density at radius 1 is 1.21 bits per heavy atom. The molecule has 98 valence electrons. The lowest BCUT2D eigenvalue weighted by Crippen LogP contribution is -2.11. The van der Waals surface area contributed by atoms with E-state index in [0.29, 0.717) is 11.5 Å². The van der Waals surface area contributed by atoms with Crippen LogP contribution < -0.4 is 10.6 Å². The third-order valence-corrected chi connectivity index (χ3v) is 2.49. The molecule has 0 atom stereocenters. The van der Waals surface area contributed by atoms with Gasteiger partial charge in [0.15, 0.2) is 0 Å². The van der Waals surface area contributed by atoms with E-state index in [2.05, 4.69) is 20.4 Å². The molecule has 1 aromatic carbocycles. The Morgan fingerprint density at radius 3 is 2.68 bits per heavy atom. The van der Waals surface area contributed by atoms with Gasteiger partial charge in [-0.05, 0) is 36.8 Å². The van der Waals surface area contributed by atoms with E-state index in [-0.39, 0.29) is 0 Å². The van der Waals surface area contributed by atoms with Crippen LogP contribution in [0.5, 0.6) is 0 Å². The number of hydrogen-bond donors (Lipinski definition) is 2. The average Bonchev–Trinajstić information content (AvgIpc) is 2.41. The van der Waals surface area contributed by atoms with Crippen molar-refractivity contribution < 1.29 is 9.53 Å². The first-order valence-electron chi connectivity index (χ1n) is 5.82. The van der Waals surface area contributed by atoms with Crippen LogP contribution in [0.3, 0.4) is 0 Å². The molecular weight excluding hydrogens is 242 g/mol. The van der Waals surface area contributed by atoms with Crippen molar-refractivity contribution >= 4 is 23.3 Å². The number of aryl methyl sites for hydroxylation is 1. The molecule has 19 heavy (non-hydrogen) atoms. The summed E-state index contributed by atoms with van der Waals surface area (Å²) in [6, 6.07) is 11.5. The van der Waals surface area contributed by atoms with Crippen molar-refractivity contribution in [1.82, 2.24) is 4.98 Å². The van der Waals surface area contributed by atoms with Crippen LogP contribution in [0.25, 0.3) is 0 Å². The highest BCUT2D eigenvalue weighted by Crippen LogP contribution is 2.17. The Bertz CT molecular complexity index is 567. The highest BCUT2D eigenvalue weighted by Gasteiger charge is 2.01. The molecule has 1 aromatic heterocycles. The van der Waals surface area contributed by atoms with Crippen molar-refractivity contribution in [3.63, 3.8) is 0 Å². The fourth-order valence-corrected chi connectivity index (χ4v) is 1.58. The minimum absolute atomic E-state index is 0.513. The van der Waals surface area contributed by atoms with Gasteiger partial charge in [0, 0.05) is 5.69 Å². The number of aromatic nitrogens is 1. The zero-order valence-corrected chi connectivity index (χ0v) is 10.8. The first-order chi connectivity index (χ1) is 9.17. The molecule has 0 saturated heterocycles. The van der Waals surface area contributed by atoms with Crippen LogP contribution in [0.15, 0.2) is 42.6 Å². The Kier molecular flexibility index (Phi) is 3.97. The highest BCUT2D eigenvalue weighted by molar-refractivity contribution is 5.84. The topological polar surface area (TPSA) is 63.2 Å². The van der Waals surface area contributed by atoms with Crippen molar-refractivity contribution in [1.29, 1.82) is 0 Å². The second kappa shape index (κ2) is 5.86. The number of nitrogens with one attached hydrogen (secondary N) is 2. The molecule has 0 spiro atoms. The third kappa shape index (κ3) is 3.70. The molecular formula is C14H15N3O2. The summed E-state index contributed by atoms with van der Waals surface area (Å²) in [4.78, 5) is 15.2. The molecule has 1 heterocycles. The number of carbonyl (C=O) groups is 1. The van der Waals surface area contributed by atoms with Crippen LogP contribution in [0.1, 0.15) is 5.56 Å². The standard InChI is InChI=1S/C14H15N3O2/c1-10-4-3-5-11(8-10)16-13-7-6-12(9-15-13)17-14(18)19-2/h3-9H,1-2H3,(H,15,16)(H,17,18). The van der Waals surface area contributed by atoms with Gasteiger partial charge in [-0.15, -0.1) is 0 Å². The summed E-state index contributed by atoms with van der Waals surface area (Å²) >= 11 is 0. The van der Waals surface area contributed by atoms with E-state index in [4.69, 9.17) is 0 Å². The lowest BCUT2D eigenvalue weighted by molar-refractivity contribution is 0.187. The third-order valence-electron chi connectivity index (χ3n) is 2.49. The van der Waals surface area contributed by atoms with Crippen LogP contribution in [-0.2, 0) is 4.74 Å². The molecule has 0 aliphatic rings. The Labute approximate surface area is 111 Å². The van der Waals surface area contributed by atoms with Crippen LogP contribution in [0.4, 0.5) is 22.0 Å². The second-order valence-corrected chi connectivity index (χ2v) is 4.04. The number of nitrogens with zero attached hydrogens (tertiary/aromatic N) is 1. The molecule has 0 unspecified atom stereocenters. The Balaban J connectivity index is 2.04. The maximum atomic E-state index is 11.0. The van der Waals surface area contributed by atoms with Gasteiger partial charge in [0.2, 0.25) is 0 Å². The fourth-order valence-electron chi connectivity index (χ4n) is 1.58. The van der Waals surface area contributed by atoms with Gasteiger partial charge < -0.3 is 10.1 Å². The van der Waals surface area contributed by atoms with Gasteiger partial charge in [0.1, 0.15) is 5.82 Å². The Hall–Kier alpha value is -2.56. The van der Waals surface area contributed by atoms with Crippen molar-refractivity contribution in [2.75, 3.05) is 17.7 Å². The van der Waals surface area contributed by atoms with E-state index in [0.717, 1.165) is 5.69 Å². The maximum Gasteiger partial charge on any atom is 0.411 e. The van der Waals surface area contributed by atoms with Crippen molar-refractivity contribution in [2.24, 2.45) is 0 Å². The summed E-state index contributed by atoms with van der Waals surface area (Å²) < 4.78 is 4.50. The molecule has 5 nitrogen and oxygen atoms in total. The number of ether oxygens (including phenoxy) is 1. The van der Waals surface area contributed by atoms with Gasteiger partial charge >= 0.3 is 6.09 Å². The van der Waals surface area contributed by atoms with E-state index in [1.807, 2.05) is 31.2 Å². The maximum absolute atomic E-state index is 11.0. The molecule has 2 rings (SSSR count). The number of methoxy groups -OCH3 is 1. The number of rotatable bonds is 3.